The zero-order valence-electron chi connectivity index (χ0n) is 10.9. The molecule has 96 valence electrons. The Morgan fingerprint density at radius 3 is 2.71 bits per heavy atom. The molecule has 0 spiro atoms. The lowest BCUT2D eigenvalue weighted by Gasteiger charge is -2.15. The lowest BCUT2D eigenvalue weighted by atomic mass is 10.2. The van der Waals surface area contributed by atoms with Crippen LogP contribution < -0.4 is 0 Å². The van der Waals surface area contributed by atoms with Crippen molar-refractivity contribution < 1.29 is 14.1 Å². The smallest absolute Gasteiger partial charge is 0.307 e. The van der Waals surface area contributed by atoms with Crippen molar-refractivity contribution >= 4 is 5.97 Å². The van der Waals surface area contributed by atoms with Gasteiger partial charge in [-0.15, -0.1) is 0 Å². The van der Waals surface area contributed by atoms with Crippen LogP contribution in [0.3, 0.4) is 0 Å². The van der Waals surface area contributed by atoms with Gasteiger partial charge in [0.2, 0.25) is 0 Å². The van der Waals surface area contributed by atoms with Gasteiger partial charge in [0.25, 0.3) is 0 Å². The van der Waals surface area contributed by atoms with E-state index in [1.165, 1.54) is 0 Å². The number of ether oxygens (including phenoxy) is 1. The van der Waals surface area contributed by atoms with Crippen LogP contribution >= 0.6 is 0 Å². The third-order valence-electron chi connectivity index (χ3n) is 2.61. The Hall–Kier alpha value is -1.36. The minimum absolute atomic E-state index is 0.155. The van der Waals surface area contributed by atoms with Crippen molar-refractivity contribution in [3.05, 3.63) is 17.0 Å². The summed E-state index contributed by atoms with van der Waals surface area (Å²) in [5.74, 6) is 0.684. The fourth-order valence-electron chi connectivity index (χ4n) is 1.59. The van der Waals surface area contributed by atoms with Crippen LogP contribution in [0.25, 0.3) is 0 Å². The van der Waals surface area contributed by atoms with Crippen molar-refractivity contribution in [3.63, 3.8) is 0 Å². The molecule has 0 aliphatic heterocycles. The number of nitrogens with zero attached hydrogens (tertiary/aromatic N) is 2. The quantitative estimate of drug-likeness (QED) is 0.708. The second-order valence-corrected chi connectivity index (χ2v) is 4.10. The van der Waals surface area contributed by atoms with Gasteiger partial charge in [-0.2, -0.15) is 0 Å². The summed E-state index contributed by atoms with van der Waals surface area (Å²) in [5, 5.41) is 3.90. The maximum atomic E-state index is 11.2. The average Bonchev–Trinajstić information content (AvgIpc) is 2.58. The number of aryl methyl sites for hydroxylation is 2. The summed E-state index contributed by atoms with van der Waals surface area (Å²) >= 11 is 0. The van der Waals surface area contributed by atoms with Crippen LogP contribution in [-0.2, 0) is 16.1 Å². The van der Waals surface area contributed by atoms with Gasteiger partial charge in [0, 0.05) is 18.7 Å². The van der Waals surface area contributed by atoms with Gasteiger partial charge < -0.3 is 14.2 Å². The molecule has 1 aromatic rings. The number of carbonyl (C=O) groups is 1. The Kier molecular flexibility index (Phi) is 5.15. The molecular formula is C12H20N2O3. The van der Waals surface area contributed by atoms with E-state index in [0.717, 1.165) is 23.6 Å². The summed E-state index contributed by atoms with van der Waals surface area (Å²) < 4.78 is 9.97. The van der Waals surface area contributed by atoms with Crippen LogP contribution in [0.2, 0.25) is 0 Å². The van der Waals surface area contributed by atoms with Crippen LogP contribution in [0.4, 0.5) is 0 Å². The Morgan fingerprint density at radius 2 is 2.18 bits per heavy atom. The fraction of sp³-hybridized carbons (Fsp3) is 0.667. The molecule has 5 heteroatoms. The highest BCUT2D eigenvalue weighted by molar-refractivity contribution is 5.69. The normalized spacial score (nSPS) is 10.9. The molecule has 1 heterocycles. The van der Waals surface area contributed by atoms with Crippen molar-refractivity contribution in [3.8, 4) is 0 Å². The molecule has 0 aliphatic rings. The molecule has 0 saturated heterocycles. The molecule has 0 N–H and O–H groups in total. The molecule has 5 nitrogen and oxygen atoms in total. The van der Waals surface area contributed by atoms with E-state index in [1.54, 1.807) is 0 Å². The van der Waals surface area contributed by atoms with E-state index in [9.17, 15) is 4.79 Å². The number of hydrogen-bond donors (Lipinski definition) is 0. The Labute approximate surface area is 102 Å². The molecule has 0 amide bonds. The Bertz CT molecular complexity index is 354. The van der Waals surface area contributed by atoms with Crippen molar-refractivity contribution in [2.45, 2.75) is 33.7 Å². The van der Waals surface area contributed by atoms with Gasteiger partial charge in [-0.1, -0.05) is 5.16 Å². The average molecular weight is 240 g/mol. The summed E-state index contributed by atoms with van der Waals surface area (Å²) in [6.45, 7) is 7.47. The minimum atomic E-state index is -0.155. The minimum Gasteiger partial charge on any atom is -0.466 e. The molecule has 0 unspecified atom stereocenters. The molecule has 1 rings (SSSR count). The van der Waals surface area contributed by atoms with Gasteiger partial charge in [0.1, 0.15) is 5.76 Å². The summed E-state index contributed by atoms with van der Waals surface area (Å²) in [6, 6.07) is 0. The van der Waals surface area contributed by atoms with Crippen molar-refractivity contribution in [1.29, 1.82) is 0 Å². The highest BCUT2D eigenvalue weighted by Crippen LogP contribution is 2.14. The van der Waals surface area contributed by atoms with E-state index in [0.29, 0.717) is 19.6 Å². The molecule has 0 fully saturated rings. The van der Waals surface area contributed by atoms with Gasteiger partial charge in [0.15, 0.2) is 0 Å². The van der Waals surface area contributed by atoms with E-state index in [2.05, 4.69) is 10.1 Å². The lowest BCUT2D eigenvalue weighted by molar-refractivity contribution is -0.143. The Morgan fingerprint density at radius 1 is 1.47 bits per heavy atom. The first-order valence-corrected chi connectivity index (χ1v) is 5.80. The zero-order chi connectivity index (χ0) is 12.8. The molecule has 0 bridgehead atoms. The fourth-order valence-corrected chi connectivity index (χ4v) is 1.59. The standard InChI is InChI=1S/C12H20N2O3/c1-5-16-12(15)6-7-14(4)8-11-9(2)13-17-10(11)3/h5-8H2,1-4H3. The highest BCUT2D eigenvalue weighted by Gasteiger charge is 2.12. The van der Waals surface area contributed by atoms with Gasteiger partial charge in [0.05, 0.1) is 18.7 Å². The largest absolute Gasteiger partial charge is 0.466 e. The maximum Gasteiger partial charge on any atom is 0.307 e. The first-order valence-electron chi connectivity index (χ1n) is 5.80. The van der Waals surface area contributed by atoms with E-state index in [4.69, 9.17) is 9.26 Å². The molecule has 0 radical (unpaired) electrons. The molecule has 17 heavy (non-hydrogen) atoms. The lowest BCUT2D eigenvalue weighted by Crippen LogP contribution is -2.22. The van der Waals surface area contributed by atoms with E-state index >= 15 is 0 Å². The van der Waals surface area contributed by atoms with E-state index < -0.39 is 0 Å². The SMILES string of the molecule is CCOC(=O)CCN(C)Cc1c(C)noc1C. The number of esters is 1. The van der Waals surface area contributed by atoms with E-state index in [-0.39, 0.29) is 5.97 Å². The van der Waals surface area contributed by atoms with Crippen LogP contribution in [0.5, 0.6) is 0 Å². The summed E-state index contributed by atoms with van der Waals surface area (Å²) in [7, 11) is 1.96. The summed E-state index contributed by atoms with van der Waals surface area (Å²) in [6.07, 6.45) is 0.410. The monoisotopic (exact) mass is 240 g/mol. The second-order valence-electron chi connectivity index (χ2n) is 4.10. The molecule has 1 aromatic heterocycles. The van der Waals surface area contributed by atoms with Crippen LogP contribution in [-0.4, -0.2) is 36.2 Å². The highest BCUT2D eigenvalue weighted by atomic mass is 16.5. The predicted molar refractivity (Wildman–Crippen MR) is 63.6 cm³/mol. The van der Waals surface area contributed by atoms with Crippen LogP contribution in [0.1, 0.15) is 30.4 Å². The molecule has 0 aliphatic carbocycles. The van der Waals surface area contributed by atoms with Crippen molar-refractivity contribution in [2.75, 3.05) is 20.2 Å². The van der Waals surface area contributed by atoms with Crippen LogP contribution in [0.15, 0.2) is 4.52 Å². The van der Waals surface area contributed by atoms with E-state index in [1.807, 2.05) is 27.8 Å². The van der Waals surface area contributed by atoms with Gasteiger partial charge in [-0.05, 0) is 27.8 Å². The van der Waals surface area contributed by atoms with Crippen molar-refractivity contribution in [1.82, 2.24) is 10.1 Å². The molecular weight excluding hydrogens is 220 g/mol. The topological polar surface area (TPSA) is 55.6 Å². The number of aromatic nitrogens is 1. The first-order chi connectivity index (χ1) is 8.04. The Balaban J connectivity index is 2.40. The second kappa shape index (κ2) is 6.39. The summed E-state index contributed by atoms with van der Waals surface area (Å²) in [5.41, 5.74) is 2.00. The first kappa shape index (κ1) is 13.7. The van der Waals surface area contributed by atoms with Crippen LogP contribution in [0, 0.1) is 13.8 Å². The van der Waals surface area contributed by atoms with Gasteiger partial charge in [-0.3, -0.25) is 4.79 Å². The van der Waals surface area contributed by atoms with Crippen molar-refractivity contribution in [2.24, 2.45) is 0 Å². The molecule has 0 atom stereocenters. The predicted octanol–water partition coefficient (Wildman–Crippen LogP) is 1.68. The third-order valence-corrected chi connectivity index (χ3v) is 2.61. The summed E-state index contributed by atoms with van der Waals surface area (Å²) in [4.78, 5) is 13.3. The number of carbonyl (C=O) groups excluding carboxylic acids is 1. The zero-order valence-corrected chi connectivity index (χ0v) is 10.9. The maximum absolute atomic E-state index is 11.2. The van der Waals surface area contributed by atoms with Gasteiger partial charge in [-0.25, -0.2) is 0 Å². The number of hydrogen-bond acceptors (Lipinski definition) is 5. The third kappa shape index (κ3) is 4.19. The molecule has 0 aromatic carbocycles. The molecule has 0 saturated carbocycles. The number of rotatable bonds is 6. The van der Waals surface area contributed by atoms with Gasteiger partial charge >= 0.3 is 5.97 Å².